The lowest BCUT2D eigenvalue weighted by Gasteiger charge is -2.34. The van der Waals surface area contributed by atoms with Crippen LogP contribution in [0.2, 0.25) is 0 Å². The molecule has 0 aliphatic carbocycles. The van der Waals surface area contributed by atoms with Gasteiger partial charge in [0.2, 0.25) is 5.91 Å². The van der Waals surface area contributed by atoms with Crippen molar-refractivity contribution in [2.24, 2.45) is 0 Å². The van der Waals surface area contributed by atoms with Crippen LogP contribution >= 0.6 is 0 Å². The van der Waals surface area contributed by atoms with Gasteiger partial charge in [0.1, 0.15) is 28.6 Å². The van der Waals surface area contributed by atoms with Crippen molar-refractivity contribution in [1.82, 2.24) is 24.2 Å². The summed E-state index contributed by atoms with van der Waals surface area (Å²) in [5.41, 5.74) is 8.98. The van der Waals surface area contributed by atoms with Gasteiger partial charge in [-0.15, -0.1) is 0 Å². The number of anilines is 1. The van der Waals surface area contributed by atoms with Crippen LogP contribution in [0.25, 0.3) is 16.8 Å². The van der Waals surface area contributed by atoms with E-state index in [9.17, 15) is 9.59 Å². The smallest absolute Gasteiger partial charge is 0.236 e. The van der Waals surface area contributed by atoms with Crippen molar-refractivity contribution >= 4 is 23.0 Å². The molecule has 186 valence electrons. The van der Waals surface area contributed by atoms with Gasteiger partial charge in [-0.3, -0.25) is 18.9 Å². The Hall–Kier alpha value is -3.46. The lowest BCUT2D eigenvalue weighted by molar-refractivity contribution is -0.133. The van der Waals surface area contributed by atoms with Gasteiger partial charge in [0, 0.05) is 48.6 Å². The highest BCUT2D eigenvalue weighted by molar-refractivity contribution is 5.96. The second-order valence-electron chi connectivity index (χ2n) is 9.51. The number of hydrogen-bond donors (Lipinski definition) is 1. The third-order valence-corrected chi connectivity index (χ3v) is 6.88. The van der Waals surface area contributed by atoms with Gasteiger partial charge in [-0.25, -0.2) is 9.97 Å². The van der Waals surface area contributed by atoms with Crippen LogP contribution in [0.15, 0.2) is 30.6 Å². The fourth-order valence-corrected chi connectivity index (χ4v) is 4.58. The van der Waals surface area contributed by atoms with Crippen LogP contribution in [0, 0.1) is 0 Å². The number of imidazole rings is 1. The van der Waals surface area contributed by atoms with Gasteiger partial charge >= 0.3 is 0 Å². The third-order valence-electron chi connectivity index (χ3n) is 6.88. The summed E-state index contributed by atoms with van der Waals surface area (Å²) in [6, 6.07) is 5.63. The number of likely N-dealkylation sites (N-methyl/N-ethyl adjacent to an activating group) is 1. The molecule has 35 heavy (non-hydrogen) atoms. The molecular formula is C26H34N6O3. The fraction of sp³-hybridized carbons (Fsp3) is 0.462. The molecule has 9 heteroatoms. The average Bonchev–Trinajstić information content (AvgIpc) is 3.24. The minimum Gasteiger partial charge on any atom is -0.496 e. The Morgan fingerprint density at radius 1 is 1.31 bits per heavy atom. The largest absolute Gasteiger partial charge is 0.496 e. The molecule has 0 radical (unpaired) electrons. The number of fused-ring (bicyclic) bond motifs is 1. The summed E-state index contributed by atoms with van der Waals surface area (Å²) in [5, 5.41) is 0. The summed E-state index contributed by atoms with van der Waals surface area (Å²) >= 11 is 0. The maximum absolute atomic E-state index is 13.0. The number of nitrogen functional groups attached to an aromatic ring is 1. The average molecular weight is 479 g/mol. The highest BCUT2D eigenvalue weighted by Gasteiger charge is 2.30. The quantitative estimate of drug-likeness (QED) is 0.520. The van der Waals surface area contributed by atoms with Crippen molar-refractivity contribution in [2.45, 2.75) is 45.6 Å². The lowest BCUT2D eigenvalue weighted by Crippen LogP contribution is -2.45. The number of hydrogen-bond acceptors (Lipinski definition) is 7. The van der Waals surface area contributed by atoms with E-state index >= 15 is 0 Å². The summed E-state index contributed by atoms with van der Waals surface area (Å²) < 4.78 is 7.60. The number of ether oxygens (including phenoxy) is 1. The van der Waals surface area contributed by atoms with Crippen molar-refractivity contribution < 1.29 is 14.3 Å². The Bertz CT molecular complexity index is 1250. The van der Waals surface area contributed by atoms with Gasteiger partial charge in [0.15, 0.2) is 5.78 Å². The molecule has 1 atom stereocenters. The molecule has 1 aliphatic heterocycles. The van der Waals surface area contributed by atoms with Crippen LogP contribution in [0.4, 0.5) is 5.82 Å². The minimum atomic E-state index is -0.0403. The molecule has 2 aromatic heterocycles. The van der Waals surface area contributed by atoms with Crippen molar-refractivity contribution in [3.05, 3.63) is 42.0 Å². The molecule has 0 saturated carbocycles. The SMILES string of the molecule is COc1cc(C(C)=O)ccc1-c1nc(C2CCCN(C(=O)CN(C)C(C)C)C2)n2ccnc(N)c12. The number of likely N-dealkylation sites (tertiary alicyclic amines) is 1. The maximum atomic E-state index is 13.0. The van der Waals surface area contributed by atoms with Crippen LogP contribution in [0.5, 0.6) is 5.75 Å². The Labute approximate surface area is 205 Å². The summed E-state index contributed by atoms with van der Waals surface area (Å²) in [4.78, 5) is 38.2. The number of nitrogens with zero attached hydrogens (tertiary/aromatic N) is 5. The van der Waals surface area contributed by atoms with Crippen LogP contribution in [-0.2, 0) is 4.79 Å². The van der Waals surface area contributed by atoms with E-state index < -0.39 is 0 Å². The number of Topliss-reactive ketones (excluding diaryl/α,β-unsaturated/α-hetero) is 1. The molecule has 3 aromatic rings. The van der Waals surface area contributed by atoms with Crippen LogP contribution in [0.3, 0.4) is 0 Å². The number of benzene rings is 1. The molecule has 3 heterocycles. The molecule has 1 amide bonds. The highest BCUT2D eigenvalue weighted by atomic mass is 16.5. The number of methoxy groups -OCH3 is 1. The van der Waals surface area contributed by atoms with E-state index in [4.69, 9.17) is 15.5 Å². The van der Waals surface area contributed by atoms with E-state index in [0.717, 1.165) is 30.8 Å². The summed E-state index contributed by atoms with van der Waals surface area (Å²) in [7, 11) is 3.54. The number of carbonyl (C=O) groups is 2. The van der Waals surface area contributed by atoms with Crippen LogP contribution in [0.1, 0.15) is 55.7 Å². The van der Waals surface area contributed by atoms with E-state index in [2.05, 4.69) is 23.7 Å². The Morgan fingerprint density at radius 3 is 2.77 bits per heavy atom. The Morgan fingerprint density at radius 2 is 2.09 bits per heavy atom. The second kappa shape index (κ2) is 10.0. The first-order valence-corrected chi connectivity index (χ1v) is 12.0. The highest BCUT2D eigenvalue weighted by Crippen LogP contribution is 2.38. The van der Waals surface area contributed by atoms with Crippen LogP contribution < -0.4 is 10.5 Å². The van der Waals surface area contributed by atoms with E-state index in [-0.39, 0.29) is 17.6 Å². The van der Waals surface area contributed by atoms with Gasteiger partial charge < -0.3 is 15.4 Å². The van der Waals surface area contributed by atoms with Crippen molar-refractivity contribution in [1.29, 1.82) is 0 Å². The summed E-state index contributed by atoms with van der Waals surface area (Å²) in [5.74, 6) is 1.90. The standard InChI is InChI=1S/C26H34N6O3/c1-16(2)30(4)15-22(34)31-11-6-7-19(14-31)26-29-23(24-25(27)28-10-12-32(24)26)20-9-8-18(17(3)33)13-21(20)35-5/h8-10,12-13,16,19H,6-7,11,14-15H2,1-5H3,(H2,27,28). The van der Waals surface area contributed by atoms with E-state index in [1.807, 2.05) is 28.6 Å². The van der Waals surface area contributed by atoms with Crippen molar-refractivity contribution in [2.75, 3.05) is 39.5 Å². The molecule has 1 saturated heterocycles. The molecule has 0 spiro atoms. The lowest BCUT2D eigenvalue weighted by atomic mass is 9.97. The molecular weight excluding hydrogens is 444 g/mol. The number of aromatic nitrogens is 3. The van der Waals surface area contributed by atoms with Gasteiger partial charge in [0.25, 0.3) is 0 Å². The second-order valence-corrected chi connectivity index (χ2v) is 9.51. The molecule has 0 bridgehead atoms. The number of amides is 1. The Kier molecular flexibility index (Phi) is 7.07. The zero-order valence-corrected chi connectivity index (χ0v) is 21.1. The zero-order valence-electron chi connectivity index (χ0n) is 21.1. The van der Waals surface area contributed by atoms with Crippen LogP contribution in [-0.4, -0.2) is 75.7 Å². The number of piperidine rings is 1. The third kappa shape index (κ3) is 4.86. The first kappa shape index (κ1) is 24.7. The molecule has 2 N–H and O–H groups in total. The Balaban J connectivity index is 1.73. The monoisotopic (exact) mass is 478 g/mol. The van der Waals surface area contributed by atoms with E-state index in [1.54, 1.807) is 25.4 Å². The van der Waals surface area contributed by atoms with Gasteiger partial charge in [-0.05, 0) is 52.8 Å². The van der Waals surface area contributed by atoms with Gasteiger partial charge in [-0.2, -0.15) is 0 Å². The summed E-state index contributed by atoms with van der Waals surface area (Å²) in [6.45, 7) is 7.44. The number of ketones is 1. The normalized spacial score (nSPS) is 16.3. The number of nitrogens with two attached hydrogens (primary N) is 1. The first-order valence-electron chi connectivity index (χ1n) is 12.0. The van der Waals surface area contributed by atoms with Gasteiger partial charge in [-0.1, -0.05) is 6.07 Å². The van der Waals surface area contributed by atoms with Crippen molar-refractivity contribution in [3.8, 4) is 17.0 Å². The minimum absolute atomic E-state index is 0.0403. The predicted molar refractivity (Wildman–Crippen MR) is 136 cm³/mol. The van der Waals surface area contributed by atoms with E-state index in [0.29, 0.717) is 47.5 Å². The molecule has 1 aliphatic rings. The molecule has 4 rings (SSSR count). The topological polar surface area (TPSA) is 106 Å². The van der Waals surface area contributed by atoms with Crippen molar-refractivity contribution in [3.63, 3.8) is 0 Å². The predicted octanol–water partition coefficient (Wildman–Crippen LogP) is 3.24. The summed E-state index contributed by atoms with van der Waals surface area (Å²) in [6.07, 6.45) is 5.35. The fourth-order valence-electron chi connectivity index (χ4n) is 4.58. The number of carbonyl (C=O) groups excluding carboxylic acids is 2. The number of rotatable bonds is 7. The van der Waals surface area contributed by atoms with Gasteiger partial charge in [0.05, 0.1) is 13.7 Å². The molecule has 1 unspecified atom stereocenters. The molecule has 1 fully saturated rings. The zero-order chi connectivity index (χ0) is 25.3. The molecule has 9 nitrogen and oxygen atoms in total. The maximum Gasteiger partial charge on any atom is 0.236 e. The van der Waals surface area contributed by atoms with E-state index in [1.165, 1.54) is 6.92 Å². The first-order chi connectivity index (χ1) is 16.7. The molecule has 1 aromatic carbocycles.